The van der Waals surface area contributed by atoms with Gasteiger partial charge < -0.3 is 9.47 Å². The van der Waals surface area contributed by atoms with Gasteiger partial charge in [0.05, 0.1) is 14.2 Å². The number of halogens is 1. The molecule has 1 aliphatic carbocycles. The average molecular weight is 379 g/mol. The average Bonchev–Trinajstić information content (AvgIpc) is 2.57. The van der Waals surface area contributed by atoms with Crippen LogP contribution in [0.2, 0.25) is 0 Å². The lowest BCUT2D eigenvalue weighted by Gasteiger charge is -2.35. The topological polar surface area (TPSA) is 52.6 Å². The third kappa shape index (κ3) is 3.11. The Morgan fingerprint density at radius 1 is 1.22 bits per heavy atom. The van der Waals surface area contributed by atoms with E-state index in [1.54, 1.807) is 0 Å². The zero-order chi connectivity index (χ0) is 17.0. The van der Waals surface area contributed by atoms with E-state index in [1.165, 1.54) is 14.2 Å². The summed E-state index contributed by atoms with van der Waals surface area (Å²) in [6.45, 7) is 4.05. The van der Waals surface area contributed by atoms with Crippen molar-refractivity contribution in [3.8, 4) is 0 Å². The number of hydrogen-bond acceptors (Lipinski definition) is 4. The first kappa shape index (κ1) is 17.5. The highest BCUT2D eigenvalue weighted by molar-refractivity contribution is 9.10. The predicted octanol–water partition coefficient (Wildman–Crippen LogP) is 3.91. The van der Waals surface area contributed by atoms with E-state index in [0.29, 0.717) is 18.4 Å². The Kier molecular flexibility index (Phi) is 5.42. The van der Waals surface area contributed by atoms with Gasteiger partial charge in [-0.15, -0.1) is 0 Å². The normalized spacial score (nSPS) is 18.6. The summed E-state index contributed by atoms with van der Waals surface area (Å²) in [5.74, 6) is -1.22. The molecule has 1 saturated carbocycles. The van der Waals surface area contributed by atoms with Crippen molar-refractivity contribution in [2.75, 3.05) is 14.2 Å². The highest BCUT2D eigenvalue weighted by Gasteiger charge is 2.53. The number of ether oxygens (including phenoxy) is 2. The summed E-state index contributed by atoms with van der Waals surface area (Å²) in [6.07, 6.45) is 3.57. The Morgan fingerprint density at radius 3 is 2.39 bits per heavy atom. The lowest BCUT2D eigenvalue weighted by Crippen LogP contribution is -2.45. The highest BCUT2D eigenvalue weighted by Crippen LogP contribution is 2.46. The van der Waals surface area contributed by atoms with Gasteiger partial charge >= 0.3 is 11.9 Å². The zero-order valence-corrected chi connectivity index (χ0v) is 14.8. The fourth-order valence-corrected chi connectivity index (χ4v) is 3.37. The minimum Gasteiger partial charge on any atom is -0.468 e. The van der Waals surface area contributed by atoms with Crippen molar-refractivity contribution in [1.29, 1.82) is 0 Å². The smallest absolute Gasteiger partial charge is 0.327 e. The van der Waals surface area contributed by atoms with E-state index in [1.807, 2.05) is 30.3 Å². The molecule has 0 N–H and O–H groups in total. The maximum atomic E-state index is 12.5. The predicted molar refractivity (Wildman–Crippen MR) is 91.6 cm³/mol. The summed E-state index contributed by atoms with van der Waals surface area (Å²) in [6, 6.07) is 7.59. The molecule has 4 nitrogen and oxygen atoms in total. The van der Waals surface area contributed by atoms with Crippen LogP contribution in [-0.2, 0) is 19.1 Å². The maximum absolute atomic E-state index is 12.5. The Morgan fingerprint density at radius 2 is 1.83 bits per heavy atom. The number of hydrogen-bond donors (Lipinski definition) is 0. The molecule has 1 aromatic rings. The second kappa shape index (κ2) is 7.13. The SMILES string of the molecule is C=C1CCCC(C(=O)OC)(C(=O)OC)/C1=C\c1ccccc1Br. The number of rotatable bonds is 3. The van der Waals surface area contributed by atoms with Gasteiger partial charge in [-0.1, -0.05) is 46.3 Å². The molecule has 5 heteroatoms. The number of methoxy groups -OCH3 is 2. The van der Waals surface area contributed by atoms with E-state index in [9.17, 15) is 9.59 Å². The first-order valence-corrected chi connectivity index (χ1v) is 8.08. The molecule has 0 unspecified atom stereocenters. The number of carbonyl (C=O) groups excluding carboxylic acids is 2. The molecule has 23 heavy (non-hydrogen) atoms. The molecule has 0 aliphatic heterocycles. The molecular formula is C18H19BrO4. The van der Waals surface area contributed by atoms with Crippen LogP contribution in [0.3, 0.4) is 0 Å². The van der Waals surface area contributed by atoms with Crippen LogP contribution in [0.4, 0.5) is 0 Å². The minimum atomic E-state index is -1.45. The van der Waals surface area contributed by atoms with Crippen molar-refractivity contribution >= 4 is 33.9 Å². The van der Waals surface area contributed by atoms with E-state index < -0.39 is 17.4 Å². The fraction of sp³-hybridized carbons (Fsp3) is 0.333. The van der Waals surface area contributed by atoms with Gasteiger partial charge in [0.1, 0.15) is 0 Å². The van der Waals surface area contributed by atoms with Gasteiger partial charge in [0.2, 0.25) is 0 Å². The molecule has 0 amide bonds. The molecule has 1 aliphatic rings. The number of carbonyl (C=O) groups is 2. The number of esters is 2. The van der Waals surface area contributed by atoms with Crippen molar-refractivity contribution in [2.24, 2.45) is 5.41 Å². The first-order valence-electron chi connectivity index (χ1n) is 7.29. The van der Waals surface area contributed by atoms with Crippen LogP contribution >= 0.6 is 15.9 Å². The first-order chi connectivity index (χ1) is 11.0. The number of benzene rings is 1. The van der Waals surface area contributed by atoms with E-state index in [2.05, 4.69) is 22.5 Å². The third-order valence-electron chi connectivity index (χ3n) is 4.14. The van der Waals surface area contributed by atoms with Gasteiger partial charge in [-0.3, -0.25) is 9.59 Å². The Balaban J connectivity index is 2.67. The molecule has 0 aromatic heterocycles. The quantitative estimate of drug-likeness (QED) is 0.590. The summed E-state index contributed by atoms with van der Waals surface area (Å²) in [5, 5.41) is 0. The summed E-state index contributed by atoms with van der Waals surface area (Å²) in [4.78, 5) is 25.0. The minimum absolute atomic E-state index is 0.349. The molecule has 1 fully saturated rings. The van der Waals surface area contributed by atoms with E-state index in [-0.39, 0.29) is 0 Å². The Hall–Kier alpha value is -1.88. The van der Waals surface area contributed by atoms with Crippen molar-refractivity contribution in [2.45, 2.75) is 19.3 Å². The van der Waals surface area contributed by atoms with Crippen molar-refractivity contribution < 1.29 is 19.1 Å². The van der Waals surface area contributed by atoms with Crippen LogP contribution in [0, 0.1) is 5.41 Å². The third-order valence-corrected chi connectivity index (χ3v) is 4.87. The Labute approximate surface area is 144 Å². The van der Waals surface area contributed by atoms with Crippen LogP contribution in [-0.4, -0.2) is 26.2 Å². The zero-order valence-electron chi connectivity index (χ0n) is 13.2. The molecule has 0 bridgehead atoms. The molecular weight excluding hydrogens is 360 g/mol. The van der Waals surface area contributed by atoms with Crippen LogP contribution < -0.4 is 0 Å². The molecule has 122 valence electrons. The molecule has 2 rings (SSSR count). The maximum Gasteiger partial charge on any atom is 0.327 e. The van der Waals surface area contributed by atoms with Crippen LogP contribution in [0.5, 0.6) is 0 Å². The number of allylic oxidation sites excluding steroid dienone is 1. The van der Waals surface area contributed by atoms with Crippen molar-refractivity contribution in [3.63, 3.8) is 0 Å². The van der Waals surface area contributed by atoms with Crippen LogP contribution in [0.15, 0.2) is 46.5 Å². The van der Waals surface area contributed by atoms with E-state index in [0.717, 1.165) is 22.0 Å². The molecule has 0 atom stereocenters. The van der Waals surface area contributed by atoms with Gasteiger partial charge in [0.15, 0.2) is 5.41 Å². The summed E-state index contributed by atoms with van der Waals surface area (Å²) >= 11 is 3.48. The lowest BCUT2D eigenvalue weighted by molar-refractivity contribution is -0.166. The van der Waals surface area contributed by atoms with Gasteiger partial charge in [-0.2, -0.15) is 0 Å². The van der Waals surface area contributed by atoms with Gasteiger partial charge in [0, 0.05) is 4.47 Å². The molecule has 0 spiro atoms. The molecule has 1 aromatic carbocycles. The van der Waals surface area contributed by atoms with Gasteiger partial charge in [0.25, 0.3) is 0 Å². The molecule has 0 radical (unpaired) electrons. The molecule has 0 saturated heterocycles. The van der Waals surface area contributed by atoms with Crippen LogP contribution in [0.25, 0.3) is 6.08 Å². The fourth-order valence-electron chi connectivity index (χ4n) is 2.97. The van der Waals surface area contributed by atoms with E-state index in [4.69, 9.17) is 9.47 Å². The second-order valence-electron chi connectivity index (χ2n) is 5.43. The lowest BCUT2D eigenvalue weighted by atomic mass is 9.67. The van der Waals surface area contributed by atoms with Gasteiger partial charge in [-0.05, 0) is 42.5 Å². The second-order valence-corrected chi connectivity index (χ2v) is 6.28. The van der Waals surface area contributed by atoms with Crippen LogP contribution in [0.1, 0.15) is 24.8 Å². The van der Waals surface area contributed by atoms with Gasteiger partial charge in [-0.25, -0.2) is 0 Å². The van der Waals surface area contributed by atoms with Crippen molar-refractivity contribution in [1.82, 2.24) is 0 Å². The highest BCUT2D eigenvalue weighted by atomic mass is 79.9. The van der Waals surface area contributed by atoms with Crippen molar-refractivity contribution in [3.05, 3.63) is 52.0 Å². The standard InChI is InChI=1S/C18H19BrO4/c1-12-7-6-10-18(16(20)22-2,17(21)23-3)14(12)11-13-8-4-5-9-15(13)19/h4-5,8-9,11H,1,6-7,10H2,2-3H3/b14-11-. The largest absolute Gasteiger partial charge is 0.468 e. The summed E-state index contributed by atoms with van der Waals surface area (Å²) in [7, 11) is 2.56. The summed E-state index contributed by atoms with van der Waals surface area (Å²) in [5.41, 5.74) is 0.730. The Bertz CT molecular complexity index is 659. The summed E-state index contributed by atoms with van der Waals surface area (Å²) < 4.78 is 10.7. The molecule has 0 heterocycles. The monoisotopic (exact) mass is 378 g/mol. The van der Waals surface area contributed by atoms with E-state index >= 15 is 0 Å².